The van der Waals surface area contributed by atoms with Crippen molar-refractivity contribution in [2.45, 2.75) is 57.5 Å². The highest BCUT2D eigenvalue weighted by molar-refractivity contribution is 5.71. The fourth-order valence-corrected chi connectivity index (χ4v) is 8.04. The third-order valence-electron chi connectivity index (χ3n) is 9.73. The lowest BCUT2D eigenvalue weighted by atomic mass is 9.55. The Morgan fingerprint density at radius 2 is 2.00 bits per heavy atom. The summed E-state index contributed by atoms with van der Waals surface area (Å²) >= 11 is 0. The molecule has 5 aliphatic rings. The number of benzene rings is 1. The number of nitrogens with zero attached hydrogens (tertiary/aromatic N) is 1. The fourth-order valence-electron chi connectivity index (χ4n) is 8.04. The van der Waals surface area contributed by atoms with Crippen molar-refractivity contribution in [1.82, 2.24) is 4.90 Å². The summed E-state index contributed by atoms with van der Waals surface area (Å²) in [7, 11) is 0. The van der Waals surface area contributed by atoms with Crippen LogP contribution in [0.5, 0.6) is 5.75 Å². The van der Waals surface area contributed by atoms with Crippen LogP contribution in [-0.2, 0) is 15.9 Å². The van der Waals surface area contributed by atoms with E-state index in [0.29, 0.717) is 41.9 Å². The molecule has 2 heterocycles. The highest BCUT2D eigenvalue weighted by Crippen LogP contribution is 2.61. The quantitative estimate of drug-likeness (QED) is 0.743. The molecular formula is C27H37NO5. The van der Waals surface area contributed by atoms with Crippen molar-refractivity contribution >= 4 is 6.09 Å². The number of fused-ring (bicyclic) bond motifs is 6. The van der Waals surface area contributed by atoms with E-state index in [0.717, 1.165) is 39.1 Å². The number of ether oxygens (including phenoxy) is 3. The Kier molecular flexibility index (Phi) is 5.66. The maximum Gasteiger partial charge on any atom is 0.415 e. The van der Waals surface area contributed by atoms with Crippen LogP contribution < -0.4 is 4.74 Å². The first-order chi connectivity index (χ1) is 16.1. The standard InChI is InChI=1S/C27H37NO5/c1-27-9-8-22-21-5-3-20(33-26(30)28-13-18-15-31-16-19(18)14-28)12-17(21)2-4-23(22)24(27)6-7-25(27)32-11-10-29/h3,5,12,18-19,22-25,29H,2,4,6-11,13-16H2,1H3. The van der Waals surface area contributed by atoms with Crippen molar-refractivity contribution in [1.29, 1.82) is 0 Å². The Balaban J connectivity index is 1.14. The van der Waals surface area contributed by atoms with Gasteiger partial charge in [-0.2, -0.15) is 0 Å². The number of aliphatic hydroxyl groups excluding tert-OH is 1. The number of aliphatic hydroxyl groups is 1. The molecule has 1 aromatic carbocycles. The van der Waals surface area contributed by atoms with Gasteiger partial charge in [-0.15, -0.1) is 0 Å². The number of likely N-dealkylation sites (tertiary alicyclic amines) is 1. The van der Waals surface area contributed by atoms with Crippen molar-refractivity contribution in [2.75, 3.05) is 39.5 Å². The van der Waals surface area contributed by atoms with Gasteiger partial charge in [-0.1, -0.05) is 13.0 Å². The molecule has 6 rings (SSSR count). The van der Waals surface area contributed by atoms with E-state index < -0.39 is 0 Å². The molecule has 180 valence electrons. The van der Waals surface area contributed by atoms with Crippen LogP contribution in [0.4, 0.5) is 4.79 Å². The number of hydrogen-bond acceptors (Lipinski definition) is 5. The second-order valence-electron chi connectivity index (χ2n) is 11.3. The van der Waals surface area contributed by atoms with Gasteiger partial charge in [0.15, 0.2) is 0 Å². The molecule has 1 amide bonds. The van der Waals surface area contributed by atoms with Gasteiger partial charge in [-0.3, -0.25) is 0 Å². The second-order valence-corrected chi connectivity index (χ2v) is 11.3. The van der Waals surface area contributed by atoms with E-state index in [-0.39, 0.29) is 24.2 Å². The van der Waals surface area contributed by atoms with Crippen molar-refractivity contribution in [3.8, 4) is 5.75 Å². The molecule has 6 heteroatoms. The third-order valence-corrected chi connectivity index (χ3v) is 9.73. The molecule has 0 aromatic heterocycles. The number of hydrogen-bond donors (Lipinski definition) is 1. The average Bonchev–Trinajstić information content (AvgIpc) is 3.50. The molecule has 2 aliphatic heterocycles. The third kappa shape index (κ3) is 3.69. The van der Waals surface area contributed by atoms with Crippen molar-refractivity contribution in [2.24, 2.45) is 29.1 Å². The monoisotopic (exact) mass is 455 g/mol. The normalized spacial score (nSPS) is 39.0. The molecule has 3 aliphatic carbocycles. The molecule has 0 radical (unpaired) electrons. The number of amides is 1. The first-order valence-electron chi connectivity index (χ1n) is 13.0. The molecule has 33 heavy (non-hydrogen) atoms. The predicted molar refractivity (Wildman–Crippen MR) is 123 cm³/mol. The molecule has 0 bridgehead atoms. The van der Waals surface area contributed by atoms with E-state index in [2.05, 4.69) is 19.1 Å². The minimum atomic E-state index is -0.216. The van der Waals surface area contributed by atoms with Gasteiger partial charge < -0.3 is 24.2 Å². The summed E-state index contributed by atoms with van der Waals surface area (Å²) in [4.78, 5) is 14.6. The Hall–Kier alpha value is -1.63. The van der Waals surface area contributed by atoms with Gasteiger partial charge >= 0.3 is 6.09 Å². The van der Waals surface area contributed by atoms with Gasteiger partial charge in [-0.05, 0) is 85.0 Å². The zero-order chi connectivity index (χ0) is 22.6. The van der Waals surface area contributed by atoms with E-state index in [4.69, 9.17) is 14.2 Å². The van der Waals surface area contributed by atoms with Crippen LogP contribution >= 0.6 is 0 Å². The Morgan fingerprint density at radius 3 is 2.79 bits per heavy atom. The Labute approximate surface area is 196 Å². The topological polar surface area (TPSA) is 68.2 Å². The maximum absolute atomic E-state index is 12.7. The number of rotatable bonds is 4. The van der Waals surface area contributed by atoms with Crippen LogP contribution in [0.25, 0.3) is 0 Å². The van der Waals surface area contributed by atoms with Crippen LogP contribution in [0.1, 0.15) is 56.1 Å². The highest BCUT2D eigenvalue weighted by atomic mass is 16.6. The molecule has 7 atom stereocenters. The maximum atomic E-state index is 12.7. The number of aryl methyl sites for hydroxylation is 1. The molecule has 2 saturated carbocycles. The van der Waals surface area contributed by atoms with E-state index in [9.17, 15) is 9.90 Å². The van der Waals surface area contributed by atoms with E-state index in [1.807, 2.05) is 11.0 Å². The smallest absolute Gasteiger partial charge is 0.410 e. The van der Waals surface area contributed by atoms with Crippen LogP contribution in [-0.4, -0.2) is 61.7 Å². The zero-order valence-corrected chi connectivity index (χ0v) is 19.7. The Bertz CT molecular complexity index is 892. The molecular weight excluding hydrogens is 418 g/mol. The van der Waals surface area contributed by atoms with Gasteiger partial charge in [0, 0.05) is 24.9 Å². The van der Waals surface area contributed by atoms with Crippen LogP contribution in [0, 0.1) is 29.1 Å². The fraction of sp³-hybridized carbons (Fsp3) is 0.741. The van der Waals surface area contributed by atoms with Gasteiger partial charge in [0.2, 0.25) is 0 Å². The summed E-state index contributed by atoms with van der Waals surface area (Å²) in [6.07, 6.45) is 7.08. The molecule has 7 unspecified atom stereocenters. The lowest BCUT2D eigenvalue weighted by Gasteiger charge is -2.50. The molecule has 0 spiro atoms. The van der Waals surface area contributed by atoms with Gasteiger partial charge in [0.25, 0.3) is 0 Å². The van der Waals surface area contributed by atoms with Crippen LogP contribution in [0.15, 0.2) is 18.2 Å². The van der Waals surface area contributed by atoms with Crippen LogP contribution in [0.3, 0.4) is 0 Å². The van der Waals surface area contributed by atoms with Crippen molar-refractivity contribution in [3.63, 3.8) is 0 Å². The summed E-state index contributed by atoms with van der Waals surface area (Å²) < 4.78 is 17.4. The summed E-state index contributed by atoms with van der Waals surface area (Å²) in [5.74, 6) is 3.64. The lowest BCUT2D eigenvalue weighted by Crippen LogP contribution is -2.44. The van der Waals surface area contributed by atoms with Gasteiger partial charge in [-0.25, -0.2) is 4.79 Å². The molecule has 6 nitrogen and oxygen atoms in total. The first-order valence-corrected chi connectivity index (χ1v) is 13.0. The average molecular weight is 456 g/mol. The van der Waals surface area contributed by atoms with E-state index in [1.165, 1.54) is 36.8 Å². The summed E-state index contributed by atoms with van der Waals surface area (Å²) in [6.45, 7) is 6.03. The van der Waals surface area contributed by atoms with E-state index >= 15 is 0 Å². The first kappa shape index (κ1) is 21.9. The molecule has 2 saturated heterocycles. The number of carbonyl (C=O) groups is 1. The minimum absolute atomic E-state index is 0.108. The predicted octanol–water partition coefficient (Wildman–Crippen LogP) is 4.00. The lowest BCUT2D eigenvalue weighted by molar-refractivity contribution is -0.0710. The zero-order valence-electron chi connectivity index (χ0n) is 19.7. The SMILES string of the molecule is CC12CCC3c4ccc(OC(=O)N5CC6COCC6C5)cc4CCC3C1CCC2OCCO. The molecule has 1 N–H and O–H groups in total. The van der Waals surface area contributed by atoms with Gasteiger partial charge in [0.1, 0.15) is 5.75 Å². The largest absolute Gasteiger partial charge is 0.415 e. The summed E-state index contributed by atoms with van der Waals surface area (Å²) in [5, 5.41) is 9.22. The minimum Gasteiger partial charge on any atom is -0.410 e. The summed E-state index contributed by atoms with van der Waals surface area (Å²) in [5.41, 5.74) is 3.08. The molecule has 1 aromatic rings. The molecule has 4 fully saturated rings. The Morgan fingerprint density at radius 1 is 1.18 bits per heavy atom. The van der Waals surface area contributed by atoms with Gasteiger partial charge in [0.05, 0.1) is 32.5 Å². The van der Waals surface area contributed by atoms with Crippen LogP contribution in [0.2, 0.25) is 0 Å². The summed E-state index contributed by atoms with van der Waals surface area (Å²) in [6, 6.07) is 6.37. The number of carbonyl (C=O) groups excluding carboxylic acids is 1. The highest BCUT2D eigenvalue weighted by Gasteiger charge is 2.55. The van der Waals surface area contributed by atoms with E-state index in [1.54, 1.807) is 0 Å². The van der Waals surface area contributed by atoms with Crippen molar-refractivity contribution in [3.05, 3.63) is 29.3 Å². The second kappa shape index (κ2) is 8.54. The van der Waals surface area contributed by atoms with Crippen molar-refractivity contribution < 1.29 is 24.1 Å².